The van der Waals surface area contributed by atoms with Gasteiger partial charge in [0.15, 0.2) is 11.5 Å². The molecule has 0 aliphatic carbocycles. The maximum atomic E-state index is 12.4. The largest absolute Gasteiger partial charge is 0.481 e. The number of carbonyl (C=O) groups excluding carboxylic acids is 1. The van der Waals surface area contributed by atoms with Crippen molar-refractivity contribution >= 4 is 17.4 Å². The van der Waals surface area contributed by atoms with Gasteiger partial charge in [-0.1, -0.05) is 18.2 Å². The van der Waals surface area contributed by atoms with E-state index in [1.54, 1.807) is 30.5 Å². The Morgan fingerprint density at radius 1 is 1.21 bits per heavy atom. The van der Waals surface area contributed by atoms with Gasteiger partial charge in [-0.15, -0.1) is 0 Å². The standard InChI is InChI=1S/C17H15N5O2.3H2/c1-24-14-9-11(7-8-19-14)13-10-20-16(18)15(22-13)17(23)21-12-5-3-2-4-6-12;;;/h2-10H,1H3,(H2,18,20)(H,21,23);3*1H. The first-order valence-electron chi connectivity index (χ1n) is 7.16. The predicted octanol–water partition coefficient (Wildman–Crippen LogP) is 3.12. The fourth-order valence-electron chi connectivity index (χ4n) is 2.10. The number of hydrogen-bond donors (Lipinski definition) is 2. The number of aromatic nitrogens is 3. The molecule has 0 aliphatic rings. The van der Waals surface area contributed by atoms with E-state index in [9.17, 15) is 4.79 Å². The van der Waals surface area contributed by atoms with E-state index < -0.39 is 5.91 Å². The number of ether oxygens (including phenoxy) is 1. The van der Waals surface area contributed by atoms with Crippen LogP contribution in [-0.2, 0) is 0 Å². The molecule has 0 unspecified atom stereocenters. The summed E-state index contributed by atoms with van der Waals surface area (Å²) in [4.78, 5) is 24.8. The molecule has 3 N–H and O–H groups in total. The Morgan fingerprint density at radius 2 is 2.00 bits per heavy atom. The maximum Gasteiger partial charge on any atom is 0.278 e. The molecule has 2 aromatic heterocycles. The number of nitrogens with two attached hydrogens (primary N) is 1. The first-order chi connectivity index (χ1) is 11.7. The number of methoxy groups -OCH3 is 1. The molecule has 0 spiro atoms. The minimum atomic E-state index is -0.422. The van der Waals surface area contributed by atoms with E-state index in [1.165, 1.54) is 13.3 Å². The highest BCUT2D eigenvalue weighted by Gasteiger charge is 2.15. The van der Waals surface area contributed by atoms with Gasteiger partial charge in [0.2, 0.25) is 5.88 Å². The lowest BCUT2D eigenvalue weighted by Gasteiger charge is -2.08. The Morgan fingerprint density at radius 3 is 2.75 bits per heavy atom. The van der Waals surface area contributed by atoms with Crippen LogP contribution in [0.3, 0.4) is 0 Å². The molecule has 7 heteroatoms. The summed E-state index contributed by atoms with van der Waals surface area (Å²) in [6.07, 6.45) is 3.10. The molecule has 2 heterocycles. The summed E-state index contributed by atoms with van der Waals surface area (Å²) in [5.74, 6) is 0.0867. The van der Waals surface area contributed by atoms with Gasteiger partial charge in [0.05, 0.1) is 19.0 Å². The quantitative estimate of drug-likeness (QED) is 0.763. The highest BCUT2D eigenvalue weighted by atomic mass is 16.5. The van der Waals surface area contributed by atoms with Crippen LogP contribution in [0.4, 0.5) is 11.5 Å². The van der Waals surface area contributed by atoms with E-state index in [-0.39, 0.29) is 15.8 Å². The van der Waals surface area contributed by atoms with Gasteiger partial charge in [0, 0.05) is 27.8 Å². The highest BCUT2D eigenvalue weighted by Crippen LogP contribution is 2.21. The number of carbonyl (C=O) groups is 1. The second-order valence-electron chi connectivity index (χ2n) is 4.90. The molecule has 3 rings (SSSR count). The van der Waals surface area contributed by atoms with Crippen molar-refractivity contribution in [3.8, 4) is 17.1 Å². The second-order valence-corrected chi connectivity index (χ2v) is 4.90. The third-order valence-corrected chi connectivity index (χ3v) is 3.29. The molecule has 0 saturated carbocycles. The average Bonchev–Trinajstić information content (AvgIpc) is 2.63. The summed E-state index contributed by atoms with van der Waals surface area (Å²) < 4.78 is 5.09. The lowest BCUT2D eigenvalue weighted by atomic mass is 10.2. The van der Waals surface area contributed by atoms with Crippen LogP contribution in [-0.4, -0.2) is 28.0 Å². The summed E-state index contributed by atoms with van der Waals surface area (Å²) in [6.45, 7) is 0. The molecule has 0 saturated heterocycles. The third kappa shape index (κ3) is 3.30. The number of para-hydroxylation sites is 1. The average molecular weight is 327 g/mol. The van der Waals surface area contributed by atoms with Crippen molar-refractivity contribution in [2.75, 3.05) is 18.2 Å². The zero-order chi connectivity index (χ0) is 16.9. The predicted molar refractivity (Wildman–Crippen MR) is 97.0 cm³/mol. The number of rotatable bonds is 4. The van der Waals surface area contributed by atoms with Gasteiger partial charge >= 0.3 is 0 Å². The van der Waals surface area contributed by atoms with E-state index in [2.05, 4.69) is 20.3 Å². The molecular weight excluding hydrogens is 306 g/mol. The number of nitrogen functional groups attached to an aromatic ring is 1. The number of pyridine rings is 1. The van der Waals surface area contributed by atoms with Crippen LogP contribution < -0.4 is 15.8 Å². The molecule has 126 valence electrons. The lowest BCUT2D eigenvalue weighted by Crippen LogP contribution is -2.17. The van der Waals surface area contributed by atoms with Crippen LogP contribution in [0.1, 0.15) is 14.8 Å². The van der Waals surface area contributed by atoms with Gasteiger partial charge in [0.25, 0.3) is 5.91 Å². The van der Waals surface area contributed by atoms with Gasteiger partial charge in [0.1, 0.15) is 0 Å². The van der Waals surface area contributed by atoms with Crippen LogP contribution in [0.25, 0.3) is 11.3 Å². The maximum absolute atomic E-state index is 12.4. The summed E-state index contributed by atoms with van der Waals surface area (Å²) in [5.41, 5.74) is 7.75. The third-order valence-electron chi connectivity index (χ3n) is 3.29. The zero-order valence-corrected chi connectivity index (χ0v) is 12.9. The molecule has 0 fully saturated rings. The van der Waals surface area contributed by atoms with Crippen molar-refractivity contribution < 1.29 is 13.8 Å². The number of benzene rings is 1. The van der Waals surface area contributed by atoms with Crippen molar-refractivity contribution in [1.82, 2.24) is 15.0 Å². The number of anilines is 2. The summed E-state index contributed by atoms with van der Waals surface area (Å²) >= 11 is 0. The molecule has 0 aliphatic heterocycles. The fraction of sp³-hybridized carbons (Fsp3) is 0.0588. The van der Waals surface area contributed by atoms with Crippen molar-refractivity contribution in [3.05, 3.63) is 60.6 Å². The van der Waals surface area contributed by atoms with Gasteiger partial charge < -0.3 is 15.8 Å². The molecule has 3 aromatic rings. The Balaban J connectivity index is 0.00000225. The van der Waals surface area contributed by atoms with E-state index in [1.807, 2.05) is 18.2 Å². The zero-order valence-electron chi connectivity index (χ0n) is 12.9. The van der Waals surface area contributed by atoms with E-state index >= 15 is 0 Å². The van der Waals surface area contributed by atoms with Crippen LogP contribution in [0.15, 0.2) is 54.9 Å². The number of amides is 1. The van der Waals surface area contributed by atoms with Crippen molar-refractivity contribution in [1.29, 1.82) is 0 Å². The smallest absolute Gasteiger partial charge is 0.278 e. The van der Waals surface area contributed by atoms with Crippen molar-refractivity contribution in [2.45, 2.75) is 0 Å². The van der Waals surface area contributed by atoms with Gasteiger partial charge in [-0.05, 0) is 18.2 Å². The normalized spacial score (nSPS) is 10.2. The van der Waals surface area contributed by atoms with Crippen LogP contribution in [0, 0.1) is 0 Å². The van der Waals surface area contributed by atoms with Crippen LogP contribution in [0.5, 0.6) is 5.88 Å². The van der Waals surface area contributed by atoms with Crippen molar-refractivity contribution in [3.63, 3.8) is 0 Å². The molecule has 24 heavy (non-hydrogen) atoms. The van der Waals surface area contributed by atoms with Gasteiger partial charge in [-0.25, -0.2) is 15.0 Å². The second kappa shape index (κ2) is 6.74. The van der Waals surface area contributed by atoms with Gasteiger partial charge in [-0.3, -0.25) is 4.79 Å². The first-order valence-corrected chi connectivity index (χ1v) is 7.16. The minimum Gasteiger partial charge on any atom is -0.481 e. The summed E-state index contributed by atoms with van der Waals surface area (Å²) in [7, 11) is 1.53. The lowest BCUT2D eigenvalue weighted by molar-refractivity contribution is 0.102. The molecule has 0 radical (unpaired) electrons. The number of nitrogens with zero attached hydrogens (tertiary/aromatic N) is 3. The molecular formula is C17H21N5O2. The Hall–Kier alpha value is -3.48. The highest BCUT2D eigenvalue weighted by molar-refractivity contribution is 6.05. The monoisotopic (exact) mass is 327 g/mol. The summed E-state index contributed by atoms with van der Waals surface area (Å²) in [5, 5.41) is 2.74. The van der Waals surface area contributed by atoms with E-state index in [4.69, 9.17) is 10.5 Å². The van der Waals surface area contributed by atoms with Gasteiger partial charge in [-0.2, -0.15) is 0 Å². The molecule has 0 bridgehead atoms. The van der Waals surface area contributed by atoms with Crippen LogP contribution in [0.2, 0.25) is 0 Å². The Labute approximate surface area is 143 Å². The molecule has 1 amide bonds. The Kier molecular flexibility index (Phi) is 4.33. The molecule has 1 aromatic carbocycles. The summed E-state index contributed by atoms with van der Waals surface area (Å²) in [6, 6.07) is 12.5. The molecule has 7 nitrogen and oxygen atoms in total. The Bertz CT molecular complexity index is 881. The van der Waals surface area contributed by atoms with Crippen LogP contribution >= 0.6 is 0 Å². The fourth-order valence-corrected chi connectivity index (χ4v) is 2.10. The number of nitrogens with one attached hydrogen (secondary N) is 1. The van der Waals surface area contributed by atoms with E-state index in [0.717, 1.165) is 5.56 Å². The number of hydrogen-bond acceptors (Lipinski definition) is 6. The SMILES string of the molecule is COc1cc(-c2cnc(N)c(C(=O)Nc3ccccc3)n2)ccn1.[HH].[HH].[HH]. The topological polar surface area (TPSA) is 103 Å². The van der Waals surface area contributed by atoms with Crippen molar-refractivity contribution in [2.24, 2.45) is 0 Å². The first kappa shape index (κ1) is 15.4. The molecule has 0 atom stereocenters. The van der Waals surface area contributed by atoms with E-state index in [0.29, 0.717) is 17.3 Å². The minimum absolute atomic E-state index is 0.